The van der Waals surface area contributed by atoms with Gasteiger partial charge in [-0.05, 0) is 49.8 Å². The molecule has 0 saturated carbocycles. The average molecular weight is 471 g/mol. The molecule has 0 aliphatic carbocycles. The van der Waals surface area contributed by atoms with E-state index in [4.69, 9.17) is 16.3 Å². The van der Waals surface area contributed by atoms with Gasteiger partial charge in [-0.25, -0.2) is 13.2 Å². The molecule has 7 nitrogen and oxygen atoms in total. The average Bonchev–Trinajstić information content (AvgIpc) is 2.71. The normalized spacial score (nSPS) is 21.2. The highest BCUT2D eigenvalue weighted by Crippen LogP contribution is 2.29. The summed E-state index contributed by atoms with van der Waals surface area (Å²) in [6, 6.07) is 4.06. The molecule has 2 fully saturated rings. The number of likely N-dealkylation sites (tertiary alicyclic amines) is 1. The van der Waals surface area contributed by atoms with Crippen molar-refractivity contribution in [3.8, 4) is 0 Å². The summed E-state index contributed by atoms with van der Waals surface area (Å²) in [4.78, 5) is 26.6. The minimum absolute atomic E-state index is 0.0616. The van der Waals surface area contributed by atoms with Crippen molar-refractivity contribution >= 4 is 33.5 Å². The number of piperidine rings is 1. The number of esters is 1. The second kappa shape index (κ2) is 10.8. The third kappa shape index (κ3) is 6.20. The molecule has 1 aromatic rings. The molecule has 31 heavy (non-hydrogen) atoms. The standard InChI is InChI=1S/C22H31ClN2O5S/c1-17-8-7-13-25(15-17)31(28,29)20-14-18(9-10-19(20)23)22(27)30-16-21(26)24-11-5-3-2-4-6-12-24/h9-10,14,17H,2-8,11-13,15-16H2,1H3. The van der Waals surface area contributed by atoms with Gasteiger partial charge < -0.3 is 9.64 Å². The molecular formula is C22H31ClN2O5S. The molecule has 1 amide bonds. The molecule has 0 aromatic heterocycles. The zero-order valence-electron chi connectivity index (χ0n) is 18.0. The maximum Gasteiger partial charge on any atom is 0.338 e. The van der Waals surface area contributed by atoms with Gasteiger partial charge >= 0.3 is 5.97 Å². The third-order valence-electron chi connectivity index (χ3n) is 5.94. The predicted molar refractivity (Wildman–Crippen MR) is 119 cm³/mol. The van der Waals surface area contributed by atoms with Crippen LogP contribution in [-0.2, 0) is 19.6 Å². The zero-order chi connectivity index (χ0) is 22.4. The Morgan fingerprint density at radius 2 is 1.74 bits per heavy atom. The number of hydrogen-bond donors (Lipinski definition) is 0. The van der Waals surface area contributed by atoms with E-state index in [2.05, 4.69) is 0 Å². The largest absolute Gasteiger partial charge is 0.452 e. The molecule has 1 unspecified atom stereocenters. The van der Waals surface area contributed by atoms with Crippen LogP contribution in [0.4, 0.5) is 0 Å². The van der Waals surface area contributed by atoms with Gasteiger partial charge in [0.2, 0.25) is 10.0 Å². The highest BCUT2D eigenvalue weighted by Gasteiger charge is 2.31. The molecule has 2 saturated heterocycles. The van der Waals surface area contributed by atoms with Gasteiger partial charge in [0.1, 0.15) is 4.90 Å². The van der Waals surface area contributed by atoms with Crippen molar-refractivity contribution in [1.82, 2.24) is 9.21 Å². The highest BCUT2D eigenvalue weighted by molar-refractivity contribution is 7.89. The minimum atomic E-state index is -3.82. The van der Waals surface area contributed by atoms with Crippen LogP contribution in [-0.4, -0.2) is 62.3 Å². The lowest BCUT2D eigenvalue weighted by atomic mass is 10.0. The maximum atomic E-state index is 13.1. The minimum Gasteiger partial charge on any atom is -0.452 e. The van der Waals surface area contributed by atoms with Gasteiger partial charge in [-0.2, -0.15) is 4.31 Å². The number of carbonyl (C=O) groups excluding carboxylic acids is 2. The van der Waals surface area contributed by atoms with Gasteiger partial charge in [0.15, 0.2) is 6.61 Å². The second-order valence-corrected chi connectivity index (χ2v) is 10.8. The van der Waals surface area contributed by atoms with Crippen LogP contribution < -0.4 is 0 Å². The number of benzene rings is 1. The quantitative estimate of drug-likeness (QED) is 0.612. The van der Waals surface area contributed by atoms with Gasteiger partial charge in [0.25, 0.3) is 5.91 Å². The molecule has 2 aliphatic rings. The third-order valence-corrected chi connectivity index (χ3v) is 8.29. The number of sulfonamides is 1. The van der Waals surface area contributed by atoms with Crippen LogP contribution in [0.1, 0.15) is 62.2 Å². The Balaban J connectivity index is 1.67. The number of halogens is 1. The molecular weight excluding hydrogens is 440 g/mol. The first-order chi connectivity index (χ1) is 14.8. The number of ether oxygens (including phenoxy) is 1. The maximum absolute atomic E-state index is 13.1. The van der Waals surface area contributed by atoms with Gasteiger partial charge in [0.05, 0.1) is 10.6 Å². The molecule has 2 aliphatic heterocycles. The van der Waals surface area contributed by atoms with Crippen LogP contribution in [0.2, 0.25) is 5.02 Å². The summed E-state index contributed by atoms with van der Waals surface area (Å²) in [6.45, 7) is 3.87. The van der Waals surface area contributed by atoms with E-state index in [1.54, 1.807) is 4.90 Å². The number of hydrogen-bond acceptors (Lipinski definition) is 5. The second-order valence-electron chi connectivity index (χ2n) is 8.48. The lowest BCUT2D eigenvalue weighted by molar-refractivity contribution is -0.134. The topological polar surface area (TPSA) is 84.0 Å². The van der Waals surface area contributed by atoms with E-state index >= 15 is 0 Å². The van der Waals surface area contributed by atoms with Crippen LogP contribution in [0.3, 0.4) is 0 Å². The van der Waals surface area contributed by atoms with Crippen molar-refractivity contribution in [3.63, 3.8) is 0 Å². The van der Waals surface area contributed by atoms with E-state index in [9.17, 15) is 18.0 Å². The number of amides is 1. The molecule has 3 rings (SSSR count). The Morgan fingerprint density at radius 3 is 2.42 bits per heavy atom. The van der Waals surface area contributed by atoms with Crippen molar-refractivity contribution in [1.29, 1.82) is 0 Å². The van der Waals surface area contributed by atoms with Crippen molar-refractivity contribution in [2.45, 2.75) is 56.8 Å². The lowest BCUT2D eigenvalue weighted by Gasteiger charge is -2.30. The fraction of sp³-hybridized carbons (Fsp3) is 0.636. The Hall–Kier alpha value is -1.64. The Morgan fingerprint density at radius 1 is 1.06 bits per heavy atom. The molecule has 2 heterocycles. The summed E-state index contributed by atoms with van der Waals surface area (Å²) < 4.78 is 32.8. The van der Waals surface area contributed by atoms with E-state index in [0.29, 0.717) is 26.2 Å². The highest BCUT2D eigenvalue weighted by atomic mass is 35.5. The SMILES string of the molecule is CC1CCCN(S(=O)(=O)c2cc(C(=O)OCC(=O)N3CCCCCCC3)ccc2Cl)C1. The first-order valence-electron chi connectivity index (χ1n) is 11.0. The van der Waals surface area contributed by atoms with Crippen molar-refractivity contribution in [2.24, 2.45) is 5.92 Å². The smallest absolute Gasteiger partial charge is 0.338 e. The van der Waals surface area contributed by atoms with Crippen LogP contribution in [0.5, 0.6) is 0 Å². The first kappa shape index (κ1) is 24.0. The summed E-state index contributed by atoms with van der Waals surface area (Å²) in [6.07, 6.45) is 7.06. The van der Waals surface area contributed by atoms with Crippen molar-refractivity contribution < 1.29 is 22.7 Å². The summed E-state index contributed by atoms with van der Waals surface area (Å²) in [5.74, 6) is -0.690. The fourth-order valence-electron chi connectivity index (χ4n) is 4.13. The van der Waals surface area contributed by atoms with Crippen molar-refractivity contribution in [3.05, 3.63) is 28.8 Å². The van der Waals surface area contributed by atoms with Crippen LogP contribution in [0.25, 0.3) is 0 Å². The van der Waals surface area contributed by atoms with Crippen molar-refractivity contribution in [2.75, 3.05) is 32.8 Å². The summed E-state index contributed by atoms with van der Waals surface area (Å²) in [5, 5.41) is 0.0616. The summed E-state index contributed by atoms with van der Waals surface area (Å²) >= 11 is 6.18. The molecule has 172 valence electrons. The monoisotopic (exact) mass is 470 g/mol. The predicted octanol–water partition coefficient (Wildman–Crippen LogP) is 3.71. The van der Waals surface area contributed by atoms with E-state index in [1.165, 1.54) is 28.9 Å². The van der Waals surface area contributed by atoms with E-state index in [-0.39, 0.29) is 33.9 Å². The number of carbonyl (C=O) groups is 2. The fourth-order valence-corrected chi connectivity index (χ4v) is 6.23. The molecule has 1 atom stereocenters. The molecule has 9 heteroatoms. The van der Waals surface area contributed by atoms with E-state index < -0.39 is 16.0 Å². The molecule has 0 spiro atoms. The Kier molecular flexibility index (Phi) is 8.36. The number of nitrogens with zero attached hydrogens (tertiary/aromatic N) is 2. The van der Waals surface area contributed by atoms with Crippen LogP contribution in [0, 0.1) is 5.92 Å². The Labute approximate surface area is 189 Å². The zero-order valence-corrected chi connectivity index (χ0v) is 19.6. The van der Waals surface area contributed by atoms with Gasteiger partial charge in [-0.3, -0.25) is 4.79 Å². The van der Waals surface area contributed by atoms with Gasteiger partial charge in [-0.1, -0.05) is 37.8 Å². The summed E-state index contributed by atoms with van der Waals surface area (Å²) in [7, 11) is -3.82. The molecule has 1 aromatic carbocycles. The molecule has 0 bridgehead atoms. The van der Waals surface area contributed by atoms with Crippen LogP contribution in [0.15, 0.2) is 23.1 Å². The van der Waals surface area contributed by atoms with E-state index in [1.807, 2.05) is 6.92 Å². The Bertz CT molecular complexity index is 897. The summed E-state index contributed by atoms with van der Waals surface area (Å²) in [5.41, 5.74) is 0.0634. The van der Waals surface area contributed by atoms with Gasteiger partial charge in [0, 0.05) is 26.2 Å². The van der Waals surface area contributed by atoms with Gasteiger partial charge in [-0.15, -0.1) is 0 Å². The van der Waals surface area contributed by atoms with Crippen LogP contribution >= 0.6 is 11.6 Å². The molecule has 0 radical (unpaired) electrons. The first-order valence-corrected chi connectivity index (χ1v) is 12.9. The van der Waals surface area contributed by atoms with E-state index in [0.717, 1.165) is 38.5 Å². The lowest BCUT2D eigenvalue weighted by Crippen LogP contribution is -2.39. The molecule has 0 N–H and O–H groups in total. The number of rotatable bonds is 5.